The zero-order valence-corrected chi connectivity index (χ0v) is 23.6. The Bertz CT molecular complexity index is 935. The Morgan fingerprint density at radius 1 is 0.659 bits per heavy atom. The molecule has 0 aliphatic carbocycles. The first-order valence-corrected chi connectivity index (χ1v) is 13.4. The third-order valence-corrected chi connectivity index (χ3v) is 5.32. The number of nitrogens with one attached hydrogen (secondary N) is 2. The molecule has 41 heavy (non-hydrogen) atoms. The third-order valence-electron chi connectivity index (χ3n) is 5.32. The minimum atomic E-state index is -0.608. The van der Waals surface area contributed by atoms with Crippen LogP contribution in [0, 0.1) is 0 Å². The van der Waals surface area contributed by atoms with Gasteiger partial charge in [0, 0.05) is 58.8 Å². The van der Waals surface area contributed by atoms with Crippen LogP contribution in [0.2, 0.25) is 0 Å². The highest BCUT2D eigenvalue weighted by atomic mass is 16.5. The van der Waals surface area contributed by atoms with E-state index in [1.54, 1.807) is 42.5 Å². The van der Waals surface area contributed by atoms with Crippen LogP contribution in [0.5, 0.6) is 0 Å². The summed E-state index contributed by atoms with van der Waals surface area (Å²) in [5, 5.41) is 35.6. The lowest BCUT2D eigenvalue weighted by Crippen LogP contribution is -2.30. The number of hydrogen-bond donors (Lipinski definition) is 6. The Balaban J connectivity index is 3.96. The molecule has 7 N–H and O–H groups in total. The van der Waals surface area contributed by atoms with Gasteiger partial charge in [-0.3, -0.25) is 39.6 Å². The molecule has 5 amide bonds. The molecule has 0 aliphatic heterocycles. The number of nitrogens with zero attached hydrogens (tertiary/aromatic N) is 3. The van der Waals surface area contributed by atoms with Crippen molar-refractivity contribution in [1.29, 1.82) is 0 Å². The second kappa shape index (κ2) is 24.0. The summed E-state index contributed by atoms with van der Waals surface area (Å²) in [4.78, 5) is 58.3. The average Bonchev–Trinajstić information content (AvgIpc) is 2.95. The SMILES string of the molecule is CC(=O)N(O)CCCCCNC(=O)CCC(=O)N(O)C/C=C/C=C/CNC(=O)CCC(=O)N(O)C/C=C/C=C/CN. The molecule has 230 valence electrons. The largest absolute Gasteiger partial charge is 0.356 e. The minimum Gasteiger partial charge on any atom is -0.356 e. The molecule has 0 saturated carbocycles. The second-order valence-corrected chi connectivity index (χ2v) is 8.76. The van der Waals surface area contributed by atoms with E-state index in [0.717, 1.165) is 0 Å². The summed E-state index contributed by atoms with van der Waals surface area (Å²) < 4.78 is 0. The van der Waals surface area contributed by atoms with Crippen molar-refractivity contribution in [3.63, 3.8) is 0 Å². The smallest absolute Gasteiger partial charge is 0.246 e. The Morgan fingerprint density at radius 2 is 1.17 bits per heavy atom. The number of nitrogens with two attached hydrogens (primary N) is 1. The fourth-order valence-corrected chi connectivity index (χ4v) is 2.98. The van der Waals surface area contributed by atoms with Crippen LogP contribution in [0.1, 0.15) is 51.9 Å². The third kappa shape index (κ3) is 21.6. The van der Waals surface area contributed by atoms with E-state index in [9.17, 15) is 39.6 Å². The van der Waals surface area contributed by atoms with Crippen molar-refractivity contribution in [2.45, 2.75) is 51.9 Å². The van der Waals surface area contributed by atoms with Gasteiger partial charge in [-0.15, -0.1) is 0 Å². The number of hydrogen-bond acceptors (Lipinski definition) is 9. The zero-order valence-electron chi connectivity index (χ0n) is 23.6. The van der Waals surface area contributed by atoms with Gasteiger partial charge in [0.25, 0.3) is 0 Å². The van der Waals surface area contributed by atoms with Crippen molar-refractivity contribution in [3.8, 4) is 0 Å². The van der Waals surface area contributed by atoms with E-state index in [0.29, 0.717) is 47.5 Å². The molecule has 0 saturated heterocycles. The summed E-state index contributed by atoms with van der Waals surface area (Å²) in [6.07, 6.45) is 14.5. The maximum absolute atomic E-state index is 12.0. The minimum absolute atomic E-state index is 0.00538. The van der Waals surface area contributed by atoms with Crippen LogP contribution in [-0.4, -0.2) is 99.6 Å². The van der Waals surface area contributed by atoms with Gasteiger partial charge in [-0.05, 0) is 19.3 Å². The quantitative estimate of drug-likeness (QED) is 0.0491. The van der Waals surface area contributed by atoms with Gasteiger partial charge in [0.1, 0.15) is 0 Å². The Kier molecular flexibility index (Phi) is 21.7. The number of carbonyl (C=O) groups is 5. The first kappa shape index (κ1) is 37.1. The van der Waals surface area contributed by atoms with Crippen LogP contribution in [0.25, 0.3) is 0 Å². The van der Waals surface area contributed by atoms with Crippen molar-refractivity contribution in [2.24, 2.45) is 5.73 Å². The predicted octanol–water partition coefficient (Wildman–Crippen LogP) is 0.806. The molecule has 14 heteroatoms. The van der Waals surface area contributed by atoms with Crippen LogP contribution < -0.4 is 16.4 Å². The standard InChI is InChI=1S/C27H44N6O8/c1-23(34)31(39)20-12-6-9-19-30-25(36)14-16-27(38)33(41)22-11-5-3-8-18-29-24(35)13-15-26(37)32(40)21-10-4-2-7-17-28/h2-5,7-8,10-11,39-41H,6,9,12-22,28H2,1H3,(H,29,35)(H,30,36)/b7-2+,8-3+,10-4+,11-5+. The second-order valence-electron chi connectivity index (χ2n) is 8.76. The van der Waals surface area contributed by atoms with E-state index in [2.05, 4.69) is 10.6 Å². The van der Waals surface area contributed by atoms with Crippen LogP contribution in [0.3, 0.4) is 0 Å². The van der Waals surface area contributed by atoms with Gasteiger partial charge in [-0.25, -0.2) is 15.2 Å². The van der Waals surface area contributed by atoms with E-state index in [1.165, 1.54) is 13.0 Å². The van der Waals surface area contributed by atoms with Crippen molar-refractivity contribution in [2.75, 3.05) is 39.3 Å². The number of carbonyl (C=O) groups excluding carboxylic acids is 5. The number of amides is 5. The number of hydroxylamine groups is 6. The molecule has 0 fully saturated rings. The van der Waals surface area contributed by atoms with Gasteiger partial charge in [0.05, 0.1) is 13.1 Å². The van der Waals surface area contributed by atoms with Crippen LogP contribution in [0.15, 0.2) is 48.6 Å². The molecular weight excluding hydrogens is 536 g/mol. The lowest BCUT2D eigenvalue weighted by atomic mass is 10.2. The molecule has 0 aromatic heterocycles. The summed E-state index contributed by atoms with van der Waals surface area (Å²) in [7, 11) is 0. The molecule has 0 radical (unpaired) electrons. The first-order chi connectivity index (χ1) is 19.6. The Hall–Kier alpha value is -3.85. The van der Waals surface area contributed by atoms with E-state index in [-0.39, 0.29) is 63.7 Å². The van der Waals surface area contributed by atoms with Gasteiger partial charge < -0.3 is 16.4 Å². The lowest BCUT2D eigenvalue weighted by Gasteiger charge is -2.13. The highest BCUT2D eigenvalue weighted by molar-refractivity contribution is 5.84. The van der Waals surface area contributed by atoms with Gasteiger partial charge in [-0.1, -0.05) is 48.6 Å². The van der Waals surface area contributed by atoms with Crippen LogP contribution >= 0.6 is 0 Å². The summed E-state index contributed by atoms with van der Waals surface area (Å²) in [6.45, 7) is 2.40. The Morgan fingerprint density at radius 3 is 1.71 bits per heavy atom. The summed E-state index contributed by atoms with van der Waals surface area (Å²) in [6, 6.07) is 0. The van der Waals surface area contributed by atoms with E-state index < -0.39 is 17.7 Å². The summed E-state index contributed by atoms with van der Waals surface area (Å²) in [5.74, 6) is -2.29. The normalized spacial score (nSPS) is 11.4. The van der Waals surface area contributed by atoms with Gasteiger partial charge in [0.2, 0.25) is 29.5 Å². The van der Waals surface area contributed by atoms with Gasteiger partial charge in [-0.2, -0.15) is 0 Å². The summed E-state index contributed by atoms with van der Waals surface area (Å²) >= 11 is 0. The van der Waals surface area contributed by atoms with Gasteiger partial charge >= 0.3 is 0 Å². The fraction of sp³-hybridized carbons (Fsp3) is 0.519. The molecule has 0 atom stereocenters. The molecule has 14 nitrogen and oxygen atoms in total. The summed E-state index contributed by atoms with van der Waals surface area (Å²) in [5.41, 5.74) is 5.30. The zero-order chi connectivity index (χ0) is 30.9. The predicted molar refractivity (Wildman–Crippen MR) is 150 cm³/mol. The highest BCUT2D eigenvalue weighted by Crippen LogP contribution is 2.00. The van der Waals surface area contributed by atoms with E-state index in [1.807, 2.05) is 0 Å². The fourth-order valence-electron chi connectivity index (χ4n) is 2.98. The van der Waals surface area contributed by atoms with Crippen molar-refractivity contribution in [1.82, 2.24) is 25.8 Å². The van der Waals surface area contributed by atoms with Crippen molar-refractivity contribution < 1.29 is 39.6 Å². The molecule has 0 bridgehead atoms. The maximum atomic E-state index is 12.0. The molecule has 0 spiro atoms. The lowest BCUT2D eigenvalue weighted by molar-refractivity contribution is -0.163. The first-order valence-electron chi connectivity index (χ1n) is 13.4. The number of rotatable bonds is 21. The van der Waals surface area contributed by atoms with E-state index in [4.69, 9.17) is 5.73 Å². The molecule has 0 rings (SSSR count). The molecule has 0 aromatic carbocycles. The number of allylic oxidation sites excluding steroid dienone is 4. The molecule has 0 aromatic rings. The topological polar surface area (TPSA) is 206 Å². The highest BCUT2D eigenvalue weighted by Gasteiger charge is 2.12. The maximum Gasteiger partial charge on any atom is 0.246 e. The number of unbranched alkanes of at least 4 members (excludes halogenated alkanes) is 2. The molecule has 0 unspecified atom stereocenters. The van der Waals surface area contributed by atoms with Crippen LogP contribution in [-0.2, 0) is 24.0 Å². The van der Waals surface area contributed by atoms with Gasteiger partial charge in [0.15, 0.2) is 0 Å². The monoisotopic (exact) mass is 580 g/mol. The van der Waals surface area contributed by atoms with Crippen LogP contribution in [0.4, 0.5) is 0 Å². The average molecular weight is 581 g/mol. The Labute approximate surface area is 240 Å². The molecular formula is C27H44N6O8. The van der Waals surface area contributed by atoms with E-state index >= 15 is 0 Å². The molecule has 0 heterocycles. The van der Waals surface area contributed by atoms with Crippen molar-refractivity contribution in [3.05, 3.63) is 48.6 Å². The molecule has 0 aliphatic rings. The van der Waals surface area contributed by atoms with Crippen molar-refractivity contribution >= 4 is 29.5 Å².